The molecule has 1 aromatic heterocycles. The summed E-state index contributed by atoms with van der Waals surface area (Å²) < 4.78 is 0. The van der Waals surface area contributed by atoms with Crippen LogP contribution in [0.5, 0.6) is 0 Å². The summed E-state index contributed by atoms with van der Waals surface area (Å²) in [6.45, 7) is 5.71. The average Bonchev–Trinajstić information content (AvgIpc) is 2.51. The lowest BCUT2D eigenvalue weighted by molar-refractivity contribution is -0.123. The molecule has 3 nitrogen and oxygen atoms in total. The molecule has 78 valence electrons. The lowest BCUT2D eigenvalue weighted by Crippen LogP contribution is -2.45. The van der Waals surface area contributed by atoms with Crippen LogP contribution >= 0.6 is 11.3 Å². The fraction of sp³-hybridized carbons (Fsp3) is 0.600. The van der Waals surface area contributed by atoms with E-state index in [4.69, 9.17) is 0 Å². The first kappa shape index (κ1) is 11.3. The van der Waals surface area contributed by atoms with E-state index in [9.17, 15) is 4.79 Å². The van der Waals surface area contributed by atoms with Crippen molar-refractivity contribution in [2.24, 2.45) is 0 Å². The van der Waals surface area contributed by atoms with E-state index in [0.717, 1.165) is 10.7 Å². The molecule has 1 aromatic rings. The number of hydrogen-bond acceptors (Lipinski definition) is 4. The lowest BCUT2D eigenvalue weighted by Gasteiger charge is -2.21. The molecule has 0 aliphatic carbocycles. The van der Waals surface area contributed by atoms with Gasteiger partial charge in [0.1, 0.15) is 0 Å². The highest BCUT2D eigenvalue weighted by molar-refractivity contribution is 7.09. The monoisotopic (exact) mass is 212 g/mol. The summed E-state index contributed by atoms with van der Waals surface area (Å²) >= 11 is 1.58. The van der Waals surface area contributed by atoms with E-state index in [0.29, 0.717) is 6.42 Å². The number of nitrogens with zero attached hydrogens (tertiary/aromatic N) is 1. The molecule has 0 spiro atoms. The van der Waals surface area contributed by atoms with Crippen molar-refractivity contribution in [2.75, 3.05) is 7.05 Å². The van der Waals surface area contributed by atoms with E-state index >= 15 is 0 Å². The average molecular weight is 212 g/mol. The van der Waals surface area contributed by atoms with Crippen LogP contribution in [0.4, 0.5) is 0 Å². The molecule has 0 saturated heterocycles. The first-order valence-corrected chi connectivity index (χ1v) is 5.47. The minimum absolute atomic E-state index is 0.172. The Morgan fingerprint density at radius 3 is 2.71 bits per heavy atom. The van der Waals surface area contributed by atoms with E-state index in [-0.39, 0.29) is 5.78 Å². The van der Waals surface area contributed by atoms with Crippen LogP contribution in [-0.4, -0.2) is 23.4 Å². The third-order valence-electron chi connectivity index (χ3n) is 2.33. The highest BCUT2D eigenvalue weighted by Gasteiger charge is 2.25. The first-order valence-electron chi connectivity index (χ1n) is 4.59. The Bertz CT molecular complexity index is 331. The molecule has 0 amide bonds. The van der Waals surface area contributed by atoms with Crippen molar-refractivity contribution in [3.8, 4) is 0 Å². The highest BCUT2D eigenvalue weighted by Crippen LogP contribution is 2.12. The van der Waals surface area contributed by atoms with Crippen LogP contribution < -0.4 is 5.32 Å². The lowest BCUT2D eigenvalue weighted by atomic mass is 9.96. The molecule has 0 aliphatic rings. The molecule has 0 fully saturated rings. The third-order valence-corrected chi connectivity index (χ3v) is 3.15. The maximum absolute atomic E-state index is 11.8. The van der Waals surface area contributed by atoms with Crippen LogP contribution in [0, 0.1) is 6.92 Å². The molecular formula is C10H16N2OS. The Labute approximate surface area is 88.6 Å². The number of hydrogen-bond donors (Lipinski definition) is 1. The van der Waals surface area contributed by atoms with Crippen molar-refractivity contribution < 1.29 is 4.79 Å². The number of Topliss-reactive ketones (excluding diaryl/α,β-unsaturated/α-hetero) is 1. The first-order chi connectivity index (χ1) is 6.45. The Morgan fingerprint density at radius 2 is 2.29 bits per heavy atom. The van der Waals surface area contributed by atoms with E-state index in [2.05, 4.69) is 10.3 Å². The summed E-state index contributed by atoms with van der Waals surface area (Å²) in [7, 11) is 1.80. The molecule has 0 saturated carbocycles. The predicted octanol–water partition coefficient (Wildman–Crippen LogP) is 1.56. The second-order valence-corrected chi connectivity index (χ2v) is 4.90. The summed E-state index contributed by atoms with van der Waals surface area (Å²) in [4.78, 5) is 16.0. The van der Waals surface area contributed by atoms with Crippen LogP contribution in [0.3, 0.4) is 0 Å². The number of nitrogens with one attached hydrogen (secondary N) is 1. The van der Waals surface area contributed by atoms with Crippen LogP contribution in [0.1, 0.15) is 24.5 Å². The quantitative estimate of drug-likeness (QED) is 0.823. The summed E-state index contributed by atoms with van der Waals surface area (Å²) in [6, 6.07) is 0. The van der Waals surface area contributed by atoms with Crippen molar-refractivity contribution >= 4 is 17.1 Å². The van der Waals surface area contributed by atoms with Crippen molar-refractivity contribution in [1.82, 2.24) is 10.3 Å². The summed E-state index contributed by atoms with van der Waals surface area (Å²) in [6.07, 6.45) is 0.415. The van der Waals surface area contributed by atoms with Crippen LogP contribution in [0.25, 0.3) is 0 Å². The van der Waals surface area contributed by atoms with Gasteiger partial charge >= 0.3 is 0 Å². The van der Waals surface area contributed by atoms with Gasteiger partial charge in [0.15, 0.2) is 5.78 Å². The van der Waals surface area contributed by atoms with Gasteiger partial charge in [-0.1, -0.05) is 0 Å². The van der Waals surface area contributed by atoms with Gasteiger partial charge in [0, 0.05) is 5.38 Å². The van der Waals surface area contributed by atoms with Crippen LogP contribution in [0.15, 0.2) is 5.38 Å². The standard InChI is InChI=1S/C10H16N2OS/c1-7-12-8(6-14-7)5-9(13)10(2,3)11-4/h6,11H,5H2,1-4H3. The number of thiazole rings is 1. The molecule has 1 rings (SSSR count). The van der Waals surface area contributed by atoms with E-state index < -0.39 is 5.54 Å². The van der Waals surface area contributed by atoms with Gasteiger partial charge in [0.2, 0.25) is 0 Å². The molecule has 0 aliphatic heterocycles. The second kappa shape index (κ2) is 4.19. The SMILES string of the molecule is CNC(C)(C)C(=O)Cc1csc(C)n1. The fourth-order valence-electron chi connectivity index (χ4n) is 1.01. The summed E-state index contributed by atoms with van der Waals surface area (Å²) in [5.74, 6) is 0.172. The van der Waals surface area contributed by atoms with Gasteiger partial charge in [-0.05, 0) is 27.8 Å². The van der Waals surface area contributed by atoms with Crippen molar-refractivity contribution in [2.45, 2.75) is 32.7 Å². The number of ketones is 1. The van der Waals surface area contributed by atoms with Gasteiger partial charge in [0.05, 0.1) is 22.7 Å². The van der Waals surface area contributed by atoms with E-state index in [1.807, 2.05) is 26.2 Å². The maximum atomic E-state index is 11.8. The van der Waals surface area contributed by atoms with E-state index in [1.165, 1.54) is 0 Å². The van der Waals surface area contributed by atoms with Crippen LogP contribution in [-0.2, 0) is 11.2 Å². The molecule has 0 atom stereocenters. The van der Waals surface area contributed by atoms with Crippen molar-refractivity contribution in [3.05, 3.63) is 16.1 Å². The van der Waals surface area contributed by atoms with Gasteiger partial charge in [0.25, 0.3) is 0 Å². The van der Waals surface area contributed by atoms with Gasteiger partial charge in [-0.25, -0.2) is 4.98 Å². The zero-order valence-corrected chi connectivity index (χ0v) is 9.86. The highest BCUT2D eigenvalue weighted by atomic mass is 32.1. The minimum atomic E-state index is -0.461. The summed E-state index contributed by atoms with van der Waals surface area (Å²) in [5, 5.41) is 5.95. The molecule has 1 heterocycles. The smallest absolute Gasteiger partial charge is 0.158 e. The molecule has 0 bridgehead atoms. The van der Waals surface area contributed by atoms with Gasteiger partial charge in [-0.2, -0.15) is 0 Å². The van der Waals surface area contributed by atoms with Gasteiger partial charge in [-0.3, -0.25) is 4.79 Å². The molecule has 0 aromatic carbocycles. The molecule has 4 heteroatoms. The van der Waals surface area contributed by atoms with E-state index in [1.54, 1.807) is 18.4 Å². The number of carbonyl (C=O) groups excluding carboxylic acids is 1. The normalized spacial score (nSPS) is 11.7. The Kier molecular flexibility index (Phi) is 3.39. The Morgan fingerprint density at radius 1 is 1.64 bits per heavy atom. The molecule has 0 unspecified atom stereocenters. The molecule has 0 radical (unpaired) electrons. The zero-order chi connectivity index (χ0) is 10.8. The largest absolute Gasteiger partial charge is 0.308 e. The van der Waals surface area contributed by atoms with Crippen molar-refractivity contribution in [3.63, 3.8) is 0 Å². The number of carbonyl (C=O) groups is 1. The Balaban J connectivity index is 2.66. The van der Waals surface area contributed by atoms with Gasteiger partial charge in [-0.15, -0.1) is 11.3 Å². The number of aryl methyl sites for hydroxylation is 1. The second-order valence-electron chi connectivity index (χ2n) is 3.83. The minimum Gasteiger partial charge on any atom is -0.308 e. The molecule has 1 N–H and O–H groups in total. The van der Waals surface area contributed by atoms with Crippen molar-refractivity contribution in [1.29, 1.82) is 0 Å². The number of rotatable bonds is 4. The fourth-order valence-corrected chi connectivity index (χ4v) is 1.63. The number of likely N-dealkylation sites (N-methyl/N-ethyl adjacent to an activating group) is 1. The Hall–Kier alpha value is -0.740. The number of aromatic nitrogens is 1. The summed E-state index contributed by atoms with van der Waals surface area (Å²) in [5.41, 5.74) is 0.415. The van der Waals surface area contributed by atoms with Crippen LogP contribution in [0.2, 0.25) is 0 Å². The predicted molar refractivity (Wildman–Crippen MR) is 58.7 cm³/mol. The topological polar surface area (TPSA) is 42.0 Å². The molecular weight excluding hydrogens is 196 g/mol. The third kappa shape index (κ3) is 2.62. The molecule has 14 heavy (non-hydrogen) atoms. The van der Waals surface area contributed by atoms with Gasteiger partial charge < -0.3 is 5.32 Å². The zero-order valence-electron chi connectivity index (χ0n) is 9.05. The maximum Gasteiger partial charge on any atom is 0.158 e.